The average molecular weight is 605 g/mol. The highest BCUT2D eigenvalue weighted by Crippen LogP contribution is 2.28. The molecule has 0 spiro atoms. The fourth-order valence-corrected chi connectivity index (χ4v) is 3.76. The van der Waals surface area contributed by atoms with Crippen LogP contribution in [0.25, 0.3) is 0 Å². The highest BCUT2D eigenvalue weighted by Gasteiger charge is 2.18. The van der Waals surface area contributed by atoms with E-state index < -0.39 is 23.7 Å². The van der Waals surface area contributed by atoms with Crippen molar-refractivity contribution < 1.29 is 28.7 Å². The molecule has 0 atom stereocenters. The summed E-state index contributed by atoms with van der Waals surface area (Å²) in [5.41, 5.74) is 3.67. The predicted octanol–water partition coefficient (Wildman–Crippen LogP) is 5.56. The van der Waals surface area contributed by atoms with Crippen LogP contribution in [0, 0.1) is 0 Å². The van der Waals surface area contributed by atoms with E-state index in [-0.39, 0.29) is 22.7 Å². The fourth-order valence-electron chi connectivity index (χ4n) is 3.51. The molecule has 0 bridgehead atoms. The van der Waals surface area contributed by atoms with Crippen LogP contribution in [0.15, 0.2) is 96.1 Å². The van der Waals surface area contributed by atoms with Gasteiger partial charge in [0.1, 0.15) is 0 Å². The Morgan fingerprint density at radius 1 is 0.762 bits per heavy atom. The van der Waals surface area contributed by atoms with E-state index in [0.717, 1.165) is 0 Å². The van der Waals surface area contributed by atoms with E-state index in [1.54, 1.807) is 54.6 Å². The molecule has 0 heterocycles. The van der Waals surface area contributed by atoms with Crippen LogP contribution in [-0.2, 0) is 9.59 Å². The molecule has 3 N–H and O–H groups in total. The van der Waals surface area contributed by atoms with Gasteiger partial charge < -0.3 is 20.1 Å². The number of hydrogen-bond donors (Lipinski definition) is 3. The SMILES string of the molecule is COc1cc(/C=N\NC(=O)C(=O)Nc2ccccc2C(=O)Nc2ccc(Cl)cc2)ccc1OC(=O)c1ccc(Cl)cc1. The Balaban J connectivity index is 1.35. The maximum Gasteiger partial charge on any atom is 0.343 e. The Morgan fingerprint density at radius 3 is 2.12 bits per heavy atom. The smallest absolute Gasteiger partial charge is 0.343 e. The lowest BCUT2D eigenvalue weighted by Crippen LogP contribution is -2.33. The largest absolute Gasteiger partial charge is 0.493 e. The number of para-hydroxylation sites is 1. The number of rotatable bonds is 8. The van der Waals surface area contributed by atoms with Gasteiger partial charge in [0, 0.05) is 15.7 Å². The molecule has 0 radical (unpaired) electrons. The molecule has 4 aromatic rings. The lowest BCUT2D eigenvalue weighted by atomic mass is 10.1. The van der Waals surface area contributed by atoms with Gasteiger partial charge in [-0.1, -0.05) is 35.3 Å². The number of hydrazone groups is 1. The van der Waals surface area contributed by atoms with Crippen LogP contribution in [0.4, 0.5) is 11.4 Å². The van der Waals surface area contributed by atoms with E-state index in [9.17, 15) is 19.2 Å². The second kappa shape index (κ2) is 13.9. The summed E-state index contributed by atoms with van der Waals surface area (Å²) in [6.45, 7) is 0. The summed E-state index contributed by atoms with van der Waals surface area (Å²) in [4.78, 5) is 50.0. The lowest BCUT2D eigenvalue weighted by Gasteiger charge is -2.11. The Labute approximate surface area is 250 Å². The van der Waals surface area contributed by atoms with Gasteiger partial charge in [0.15, 0.2) is 11.5 Å². The molecule has 3 amide bonds. The van der Waals surface area contributed by atoms with Crippen LogP contribution in [-0.4, -0.2) is 37.0 Å². The summed E-state index contributed by atoms with van der Waals surface area (Å²) >= 11 is 11.7. The second-order valence-electron chi connectivity index (χ2n) is 8.47. The summed E-state index contributed by atoms with van der Waals surface area (Å²) < 4.78 is 10.7. The first-order chi connectivity index (χ1) is 20.2. The number of anilines is 2. The zero-order valence-electron chi connectivity index (χ0n) is 21.9. The zero-order valence-corrected chi connectivity index (χ0v) is 23.4. The van der Waals surface area contributed by atoms with Gasteiger partial charge >= 0.3 is 17.8 Å². The van der Waals surface area contributed by atoms with E-state index in [1.165, 1.54) is 49.7 Å². The number of benzene rings is 4. The summed E-state index contributed by atoms with van der Waals surface area (Å²) in [7, 11) is 1.40. The van der Waals surface area contributed by atoms with Crippen molar-refractivity contribution in [1.82, 2.24) is 5.43 Å². The van der Waals surface area contributed by atoms with Crippen molar-refractivity contribution in [2.75, 3.05) is 17.7 Å². The minimum Gasteiger partial charge on any atom is -0.493 e. The van der Waals surface area contributed by atoms with Crippen LogP contribution >= 0.6 is 23.2 Å². The first-order valence-electron chi connectivity index (χ1n) is 12.2. The molecule has 0 unspecified atom stereocenters. The van der Waals surface area contributed by atoms with Gasteiger partial charge in [0.05, 0.1) is 30.1 Å². The molecule has 212 valence electrons. The van der Waals surface area contributed by atoms with E-state index in [4.69, 9.17) is 32.7 Å². The molecule has 12 heteroatoms. The van der Waals surface area contributed by atoms with Crippen molar-refractivity contribution in [3.05, 3.63) is 118 Å². The molecule has 0 aliphatic rings. The molecule has 42 heavy (non-hydrogen) atoms. The number of nitrogens with zero attached hydrogens (tertiary/aromatic N) is 1. The topological polar surface area (TPSA) is 135 Å². The molecule has 0 saturated carbocycles. The molecule has 4 rings (SSSR count). The first-order valence-corrected chi connectivity index (χ1v) is 12.9. The molecule has 4 aromatic carbocycles. The minimum absolute atomic E-state index is 0.126. The molecular formula is C30H22Cl2N4O6. The molecule has 0 aromatic heterocycles. The highest BCUT2D eigenvalue weighted by molar-refractivity contribution is 6.40. The Kier molecular flexibility index (Phi) is 9.88. The highest BCUT2D eigenvalue weighted by atomic mass is 35.5. The van der Waals surface area contributed by atoms with Crippen molar-refractivity contribution in [2.24, 2.45) is 5.10 Å². The van der Waals surface area contributed by atoms with E-state index >= 15 is 0 Å². The number of amides is 3. The van der Waals surface area contributed by atoms with Gasteiger partial charge in [-0.3, -0.25) is 14.4 Å². The summed E-state index contributed by atoms with van der Waals surface area (Å²) in [6, 6.07) is 23.5. The lowest BCUT2D eigenvalue weighted by molar-refractivity contribution is -0.136. The Hall–Kier alpha value is -5.19. The van der Waals surface area contributed by atoms with Crippen molar-refractivity contribution in [1.29, 1.82) is 0 Å². The van der Waals surface area contributed by atoms with E-state index in [2.05, 4.69) is 21.2 Å². The van der Waals surface area contributed by atoms with Crippen LogP contribution in [0.5, 0.6) is 11.5 Å². The molecule has 0 aliphatic carbocycles. The summed E-state index contributed by atoms with van der Waals surface area (Å²) in [6.07, 6.45) is 1.27. The monoisotopic (exact) mass is 604 g/mol. The van der Waals surface area contributed by atoms with Gasteiger partial charge in [-0.15, -0.1) is 0 Å². The van der Waals surface area contributed by atoms with Crippen LogP contribution in [0.1, 0.15) is 26.3 Å². The van der Waals surface area contributed by atoms with Crippen molar-refractivity contribution in [2.45, 2.75) is 0 Å². The number of halogens is 2. The number of methoxy groups -OCH3 is 1. The zero-order chi connectivity index (χ0) is 30.1. The average Bonchev–Trinajstić information content (AvgIpc) is 2.99. The number of hydrogen-bond acceptors (Lipinski definition) is 7. The summed E-state index contributed by atoms with van der Waals surface area (Å²) in [5, 5.41) is 9.91. The van der Waals surface area contributed by atoms with Gasteiger partial charge in [0.2, 0.25) is 0 Å². The quantitative estimate of drug-likeness (QED) is 0.0791. The molecular weight excluding hydrogens is 583 g/mol. The fraction of sp³-hybridized carbons (Fsp3) is 0.0333. The van der Waals surface area contributed by atoms with Crippen LogP contribution < -0.4 is 25.5 Å². The second-order valence-corrected chi connectivity index (χ2v) is 9.34. The number of ether oxygens (including phenoxy) is 2. The minimum atomic E-state index is -1.07. The van der Waals surface area contributed by atoms with Crippen molar-refractivity contribution >= 4 is 64.5 Å². The number of esters is 1. The third kappa shape index (κ3) is 7.94. The van der Waals surface area contributed by atoms with E-state index in [1.807, 2.05) is 0 Å². The number of carbonyl (C=O) groups excluding carboxylic acids is 4. The Bertz CT molecular complexity index is 1660. The molecule has 0 aliphatic heterocycles. The van der Waals surface area contributed by atoms with Gasteiger partial charge in [-0.05, 0) is 84.4 Å². The van der Waals surface area contributed by atoms with Gasteiger partial charge in [-0.25, -0.2) is 10.2 Å². The van der Waals surface area contributed by atoms with E-state index in [0.29, 0.717) is 26.9 Å². The standard InChI is InChI=1S/C30H22Cl2N4O6/c1-41-26-16-18(6-15-25(26)42-30(40)19-7-9-20(31)10-8-19)17-33-36-29(39)28(38)35-24-5-3-2-4-23(24)27(37)34-22-13-11-21(32)12-14-22/h2-17H,1H3,(H,34,37)(H,35,38)(H,36,39)/b33-17-. The van der Waals surface area contributed by atoms with Crippen molar-refractivity contribution in [3.8, 4) is 11.5 Å². The van der Waals surface area contributed by atoms with Gasteiger partial charge in [-0.2, -0.15) is 5.10 Å². The Morgan fingerprint density at radius 2 is 1.43 bits per heavy atom. The first kappa shape index (κ1) is 29.8. The summed E-state index contributed by atoms with van der Waals surface area (Å²) in [5.74, 6) is -2.81. The number of nitrogens with one attached hydrogen (secondary N) is 3. The number of carbonyl (C=O) groups is 4. The maximum atomic E-state index is 12.8. The van der Waals surface area contributed by atoms with Crippen LogP contribution in [0.3, 0.4) is 0 Å². The normalized spacial score (nSPS) is 10.5. The van der Waals surface area contributed by atoms with Gasteiger partial charge in [0.25, 0.3) is 5.91 Å². The molecule has 0 saturated heterocycles. The van der Waals surface area contributed by atoms with Crippen LogP contribution in [0.2, 0.25) is 10.0 Å². The molecule has 0 fully saturated rings. The third-order valence-corrected chi connectivity index (χ3v) is 6.08. The van der Waals surface area contributed by atoms with Crippen molar-refractivity contribution in [3.63, 3.8) is 0 Å². The molecule has 10 nitrogen and oxygen atoms in total. The third-order valence-electron chi connectivity index (χ3n) is 5.58. The predicted molar refractivity (Wildman–Crippen MR) is 160 cm³/mol. The maximum absolute atomic E-state index is 12.8.